The van der Waals surface area contributed by atoms with Crippen molar-refractivity contribution in [1.82, 2.24) is 5.32 Å². The van der Waals surface area contributed by atoms with E-state index in [1.165, 1.54) is 18.4 Å². The highest BCUT2D eigenvalue weighted by molar-refractivity contribution is 5.28. The summed E-state index contributed by atoms with van der Waals surface area (Å²) in [6, 6.07) is 8.78. The second-order valence-electron chi connectivity index (χ2n) is 5.73. The van der Waals surface area contributed by atoms with Crippen LogP contribution in [0.3, 0.4) is 0 Å². The fourth-order valence-electron chi connectivity index (χ4n) is 2.13. The molecule has 1 aromatic rings. The van der Waals surface area contributed by atoms with Gasteiger partial charge in [-0.3, -0.25) is 0 Å². The van der Waals surface area contributed by atoms with Crippen molar-refractivity contribution in [2.45, 2.75) is 44.9 Å². The Morgan fingerprint density at radius 3 is 2.33 bits per heavy atom. The molecule has 1 aliphatic rings. The van der Waals surface area contributed by atoms with Gasteiger partial charge in [-0.05, 0) is 44.4 Å². The Bertz CT molecular complexity index is 401. The highest BCUT2D eigenvalue weighted by Crippen LogP contribution is 2.23. The highest BCUT2D eigenvalue weighted by atomic mass is 16.5. The minimum Gasteiger partial charge on any atom is -0.497 e. The first-order valence-corrected chi connectivity index (χ1v) is 7.79. The second-order valence-corrected chi connectivity index (χ2v) is 5.73. The molecule has 118 valence electrons. The first kappa shape index (κ1) is 16.3. The highest BCUT2D eigenvalue weighted by Gasteiger charge is 2.22. The van der Waals surface area contributed by atoms with Crippen molar-refractivity contribution in [1.29, 1.82) is 0 Å². The summed E-state index contributed by atoms with van der Waals surface area (Å²) < 4.78 is 16.7. The Hall–Kier alpha value is -1.10. The van der Waals surface area contributed by atoms with Gasteiger partial charge in [0.05, 0.1) is 32.5 Å². The Balaban J connectivity index is 1.86. The predicted molar refractivity (Wildman–Crippen MR) is 83.8 cm³/mol. The molecule has 4 nitrogen and oxygen atoms in total. The average Bonchev–Trinajstić information content (AvgIpc) is 3.30. The van der Waals surface area contributed by atoms with Crippen LogP contribution in [0.15, 0.2) is 24.3 Å². The summed E-state index contributed by atoms with van der Waals surface area (Å²) >= 11 is 0. The Morgan fingerprint density at radius 1 is 1.10 bits per heavy atom. The van der Waals surface area contributed by atoms with Gasteiger partial charge in [0.15, 0.2) is 0 Å². The van der Waals surface area contributed by atoms with Crippen LogP contribution in [0.2, 0.25) is 0 Å². The van der Waals surface area contributed by atoms with E-state index >= 15 is 0 Å². The minimum atomic E-state index is 0.0623. The van der Waals surface area contributed by atoms with E-state index < -0.39 is 0 Å². The largest absolute Gasteiger partial charge is 0.497 e. The molecule has 0 aromatic heterocycles. The molecule has 2 rings (SSSR count). The van der Waals surface area contributed by atoms with Gasteiger partial charge in [0.1, 0.15) is 5.75 Å². The second kappa shape index (κ2) is 8.37. The molecule has 1 saturated carbocycles. The summed E-state index contributed by atoms with van der Waals surface area (Å²) in [4.78, 5) is 0. The third-order valence-corrected chi connectivity index (χ3v) is 3.51. The standard InChI is InChI=1S/C17H27NO3/c1-13(2)20-10-11-21-17(12-18-15-6-7-15)14-4-8-16(19-3)9-5-14/h4-5,8-9,13,15,17-18H,6-7,10-12H2,1-3H3. The Morgan fingerprint density at radius 2 is 1.76 bits per heavy atom. The van der Waals surface area contributed by atoms with Crippen LogP contribution in [0.5, 0.6) is 5.75 Å². The third kappa shape index (κ3) is 6.04. The summed E-state index contributed by atoms with van der Waals surface area (Å²) in [5, 5.41) is 3.54. The average molecular weight is 293 g/mol. The number of ether oxygens (including phenoxy) is 3. The third-order valence-electron chi connectivity index (χ3n) is 3.51. The van der Waals surface area contributed by atoms with Crippen LogP contribution in [0, 0.1) is 0 Å². The van der Waals surface area contributed by atoms with Crippen LogP contribution in [0.1, 0.15) is 38.4 Å². The summed E-state index contributed by atoms with van der Waals surface area (Å²) in [7, 11) is 1.68. The van der Waals surface area contributed by atoms with Gasteiger partial charge < -0.3 is 19.5 Å². The van der Waals surface area contributed by atoms with E-state index in [4.69, 9.17) is 14.2 Å². The predicted octanol–water partition coefficient (Wildman–Crippen LogP) is 2.93. The van der Waals surface area contributed by atoms with Crippen LogP contribution >= 0.6 is 0 Å². The summed E-state index contributed by atoms with van der Waals surface area (Å²) in [5.41, 5.74) is 1.17. The molecule has 1 N–H and O–H groups in total. The first-order chi connectivity index (χ1) is 10.2. The molecule has 0 heterocycles. The van der Waals surface area contributed by atoms with Crippen LogP contribution < -0.4 is 10.1 Å². The molecule has 0 radical (unpaired) electrons. The van der Waals surface area contributed by atoms with Gasteiger partial charge >= 0.3 is 0 Å². The summed E-state index contributed by atoms with van der Waals surface area (Å²) in [6.45, 7) is 6.17. The van der Waals surface area contributed by atoms with Gasteiger partial charge in [-0.1, -0.05) is 12.1 Å². The Labute approximate surface area is 127 Å². The SMILES string of the molecule is COc1ccc(C(CNC2CC2)OCCOC(C)C)cc1. The topological polar surface area (TPSA) is 39.7 Å². The van der Waals surface area contributed by atoms with E-state index in [9.17, 15) is 0 Å². The molecule has 1 unspecified atom stereocenters. The van der Waals surface area contributed by atoms with E-state index in [1.54, 1.807) is 7.11 Å². The summed E-state index contributed by atoms with van der Waals surface area (Å²) in [5.74, 6) is 0.871. The van der Waals surface area contributed by atoms with E-state index in [0.29, 0.717) is 19.3 Å². The zero-order valence-corrected chi connectivity index (χ0v) is 13.3. The molecule has 1 atom stereocenters. The number of hydrogen-bond donors (Lipinski definition) is 1. The molecule has 1 aromatic carbocycles. The fraction of sp³-hybridized carbons (Fsp3) is 0.647. The van der Waals surface area contributed by atoms with Crippen molar-refractivity contribution in [2.75, 3.05) is 26.9 Å². The van der Waals surface area contributed by atoms with Crippen LogP contribution in [-0.2, 0) is 9.47 Å². The fourth-order valence-corrected chi connectivity index (χ4v) is 2.13. The lowest BCUT2D eigenvalue weighted by Gasteiger charge is -2.20. The number of methoxy groups -OCH3 is 1. The maximum absolute atomic E-state index is 6.00. The number of hydrogen-bond acceptors (Lipinski definition) is 4. The molecule has 0 spiro atoms. The lowest BCUT2D eigenvalue weighted by molar-refractivity contribution is -0.0131. The molecular weight excluding hydrogens is 266 g/mol. The molecule has 0 amide bonds. The van der Waals surface area contributed by atoms with Crippen molar-refractivity contribution in [2.24, 2.45) is 0 Å². The molecule has 0 saturated heterocycles. The zero-order chi connectivity index (χ0) is 15.1. The van der Waals surface area contributed by atoms with Gasteiger partial charge in [-0.15, -0.1) is 0 Å². The zero-order valence-electron chi connectivity index (χ0n) is 13.3. The van der Waals surface area contributed by atoms with Crippen molar-refractivity contribution in [3.63, 3.8) is 0 Å². The van der Waals surface area contributed by atoms with E-state index in [0.717, 1.165) is 12.3 Å². The molecule has 4 heteroatoms. The maximum atomic E-state index is 6.00. The lowest BCUT2D eigenvalue weighted by atomic mass is 10.1. The molecule has 21 heavy (non-hydrogen) atoms. The van der Waals surface area contributed by atoms with Crippen molar-refractivity contribution >= 4 is 0 Å². The summed E-state index contributed by atoms with van der Waals surface area (Å²) in [6.07, 6.45) is 2.88. The molecule has 0 bridgehead atoms. The smallest absolute Gasteiger partial charge is 0.118 e. The normalized spacial score (nSPS) is 16.2. The van der Waals surface area contributed by atoms with Gasteiger partial charge in [0.25, 0.3) is 0 Å². The molecule has 0 aliphatic heterocycles. The number of nitrogens with one attached hydrogen (secondary N) is 1. The van der Waals surface area contributed by atoms with E-state index in [1.807, 2.05) is 26.0 Å². The van der Waals surface area contributed by atoms with Crippen molar-refractivity contribution < 1.29 is 14.2 Å². The van der Waals surface area contributed by atoms with Crippen LogP contribution in [0.25, 0.3) is 0 Å². The monoisotopic (exact) mass is 293 g/mol. The molecule has 1 aliphatic carbocycles. The molecular formula is C17H27NO3. The quantitative estimate of drug-likeness (QED) is 0.673. The van der Waals surface area contributed by atoms with E-state index in [-0.39, 0.29) is 12.2 Å². The number of rotatable bonds is 10. The molecule has 1 fully saturated rings. The Kier molecular flexibility index (Phi) is 6.49. The van der Waals surface area contributed by atoms with E-state index in [2.05, 4.69) is 17.4 Å². The van der Waals surface area contributed by atoms with Gasteiger partial charge in [0.2, 0.25) is 0 Å². The van der Waals surface area contributed by atoms with Crippen LogP contribution in [-0.4, -0.2) is 39.0 Å². The lowest BCUT2D eigenvalue weighted by Crippen LogP contribution is -2.26. The van der Waals surface area contributed by atoms with Crippen molar-refractivity contribution in [3.05, 3.63) is 29.8 Å². The van der Waals surface area contributed by atoms with Gasteiger partial charge in [-0.25, -0.2) is 0 Å². The van der Waals surface area contributed by atoms with Gasteiger partial charge in [0, 0.05) is 12.6 Å². The first-order valence-electron chi connectivity index (χ1n) is 7.79. The minimum absolute atomic E-state index is 0.0623. The van der Waals surface area contributed by atoms with Crippen LogP contribution in [0.4, 0.5) is 0 Å². The van der Waals surface area contributed by atoms with Crippen molar-refractivity contribution in [3.8, 4) is 5.75 Å². The maximum Gasteiger partial charge on any atom is 0.118 e. The van der Waals surface area contributed by atoms with Gasteiger partial charge in [-0.2, -0.15) is 0 Å². The number of benzene rings is 1.